The van der Waals surface area contributed by atoms with Gasteiger partial charge in [0.25, 0.3) is 5.91 Å². The molecule has 1 amide bonds. The minimum absolute atomic E-state index is 0.0231. The zero-order valence-corrected chi connectivity index (χ0v) is 6.74. The van der Waals surface area contributed by atoms with Crippen LogP contribution in [-0.2, 0) is 6.54 Å². The van der Waals surface area contributed by atoms with Gasteiger partial charge in [0.15, 0.2) is 0 Å². The number of hydrogen-bond acceptors (Lipinski definition) is 3. The Morgan fingerprint density at radius 1 is 1.67 bits per heavy atom. The van der Waals surface area contributed by atoms with Gasteiger partial charge in [0.2, 0.25) is 0 Å². The Balaban J connectivity index is 2.54. The van der Waals surface area contributed by atoms with Crippen molar-refractivity contribution in [3.63, 3.8) is 0 Å². The average molecular weight is 163 g/mol. The highest BCUT2D eigenvalue weighted by Gasteiger charge is 2.25. The van der Waals surface area contributed by atoms with E-state index in [0.29, 0.717) is 17.9 Å². The lowest BCUT2D eigenvalue weighted by Crippen LogP contribution is -2.18. The summed E-state index contributed by atoms with van der Waals surface area (Å²) in [5.41, 5.74) is 7.59. The molecule has 0 aromatic carbocycles. The molecule has 0 spiro atoms. The summed E-state index contributed by atoms with van der Waals surface area (Å²) >= 11 is 0. The largest absolute Gasteiger partial charge is 0.397 e. The molecule has 1 aromatic heterocycles. The number of fused-ring (bicyclic) bond motifs is 1. The first-order valence-corrected chi connectivity index (χ1v) is 3.68. The Kier molecular flexibility index (Phi) is 1.30. The fraction of sp³-hybridized carbons (Fsp3) is 0.250. The molecule has 0 atom stereocenters. The summed E-state index contributed by atoms with van der Waals surface area (Å²) in [5.74, 6) is -0.0231. The number of amides is 1. The number of aromatic nitrogens is 1. The molecule has 0 saturated carbocycles. The summed E-state index contributed by atoms with van der Waals surface area (Å²) in [6, 6.07) is 1.80. The summed E-state index contributed by atoms with van der Waals surface area (Å²) in [4.78, 5) is 16.9. The molecule has 1 aromatic rings. The van der Waals surface area contributed by atoms with Crippen molar-refractivity contribution in [3.05, 3.63) is 23.5 Å². The zero-order chi connectivity index (χ0) is 8.72. The molecular weight excluding hydrogens is 154 g/mol. The standard InChI is InChI=1S/C8H9N3O/c1-11-4-5-2-6(9)3-10-7(5)8(11)12/h2-3H,4,9H2,1H3. The second kappa shape index (κ2) is 2.20. The fourth-order valence-corrected chi connectivity index (χ4v) is 1.35. The van der Waals surface area contributed by atoms with Crippen molar-refractivity contribution < 1.29 is 4.79 Å². The summed E-state index contributed by atoms with van der Waals surface area (Å²) in [6.07, 6.45) is 1.51. The molecule has 4 nitrogen and oxygen atoms in total. The van der Waals surface area contributed by atoms with Crippen LogP contribution in [0.2, 0.25) is 0 Å². The molecular formula is C8H9N3O. The second-order valence-corrected chi connectivity index (χ2v) is 2.94. The van der Waals surface area contributed by atoms with Crippen LogP contribution in [-0.4, -0.2) is 22.8 Å². The predicted molar refractivity (Wildman–Crippen MR) is 44.4 cm³/mol. The van der Waals surface area contributed by atoms with E-state index < -0.39 is 0 Å². The first-order valence-electron chi connectivity index (χ1n) is 3.68. The van der Waals surface area contributed by atoms with Gasteiger partial charge in [-0.1, -0.05) is 0 Å². The third-order valence-electron chi connectivity index (χ3n) is 1.94. The molecule has 0 saturated heterocycles. The van der Waals surface area contributed by atoms with Gasteiger partial charge in [-0.05, 0) is 6.07 Å². The number of nitrogens with two attached hydrogens (primary N) is 1. The van der Waals surface area contributed by atoms with Gasteiger partial charge in [-0.3, -0.25) is 4.79 Å². The number of hydrogen-bond donors (Lipinski definition) is 1. The molecule has 0 unspecified atom stereocenters. The number of rotatable bonds is 0. The Bertz CT molecular complexity index is 348. The van der Waals surface area contributed by atoms with Crippen LogP contribution in [0.4, 0.5) is 5.69 Å². The van der Waals surface area contributed by atoms with Crippen molar-refractivity contribution in [2.45, 2.75) is 6.54 Å². The predicted octanol–water partition coefficient (Wildman–Crippen LogP) is 0.249. The van der Waals surface area contributed by atoms with Gasteiger partial charge in [0, 0.05) is 19.2 Å². The number of pyridine rings is 1. The Morgan fingerprint density at radius 3 is 3.17 bits per heavy atom. The third-order valence-corrected chi connectivity index (χ3v) is 1.94. The zero-order valence-electron chi connectivity index (χ0n) is 6.74. The smallest absolute Gasteiger partial charge is 0.272 e. The van der Waals surface area contributed by atoms with Crippen molar-refractivity contribution in [1.29, 1.82) is 0 Å². The molecule has 12 heavy (non-hydrogen) atoms. The maximum absolute atomic E-state index is 11.3. The van der Waals surface area contributed by atoms with Crippen molar-refractivity contribution in [2.75, 3.05) is 12.8 Å². The van der Waals surface area contributed by atoms with E-state index in [1.54, 1.807) is 18.0 Å². The van der Waals surface area contributed by atoms with Crippen molar-refractivity contribution in [1.82, 2.24) is 9.88 Å². The van der Waals surface area contributed by atoms with E-state index in [1.807, 2.05) is 0 Å². The fourth-order valence-electron chi connectivity index (χ4n) is 1.35. The van der Waals surface area contributed by atoms with Crippen molar-refractivity contribution in [2.24, 2.45) is 0 Å². The van der Waals surface area contributed by atoms with Gasteiger partial charge in [-0.25, -0.2) is 4.98 Å². The van der Waals surface area contributed by atoms with Crippen molar-refractivity contribution in [3.8, 4) is 0 Å². The van der Waals surface area contributed by atoms with Crippen LogP contribution in [0.3, 0.4) is 0 Å². The molecule has 62 valence electrons. The maximum atomic E-state index is 11.3. The van der Waals surface area contributed by atoms with Gasteiger partial charge in [-0.15, -0.1) is 0 Å². The lowest BCUT2D eigenvalue weighted by atomic mass is 10.2. The van der Waals surface area contributed by atoms with Crippen LogP contribution >= 0.6 is 0 Å². The summed E-state index contributed by atoms with van der Waals surface area (Å²) in [5, 5.41) is 0. The average Bonchev–Trinajstić information content (AvgIpc) is 2.28. The highest BCUT2D eigenvalue weighted by molar-refractivity contribution is 5.96. The first kappa shape index (κ1) is 7.09. The molecule has 1 aliphatic heterocycles. The van der Waals surface area contributed by atoms with Crippen molar-refractivity contribution >= 4 is 11.6 Å². The molecule has 4 heteroatoms. The van der Waals surface area contributed by atoms with Crippen LogP contribution < -0.4 is 5.73 Å². The monoisotopic (exact) mass is 163 g/mol. The molecule has 0 fully saturated rings. The second-order valence-electron chi connectivity index (χ2n) is 2.94. The van der Waals surface area contributed by atoms with E-state index >= 15 is 0 Å². The number of carbonyl (C=O) groups is 1. The number of nitrogen functional groups attached to an aromatic ring is 1. The number of carbonyl (C=O) groups excluding carboxylic acids is 1. The molecule has 0 bridgehead atoms. The van der Waals surface area contributed by atoms with Crippen LogP contribution in [0.15, 0.2) is 12.3 Å². The minimum atomic E-state index is -0.0231. The Labute approximate surface area is 70.0 Å². The molecule has 2 N–H and O–H groups in total. The van der Waals surface area contributed by atoms with Crippen LogP contribution in [0, 0.1) is 0 Å². The first-order chi connectivity index (χ1) is 5.68. The van der Waals surface area contributed by atoms with Gasteiger partial charge in [-0.2, -0.15) is 0 Å². The number of nitrogens with zero attached hydrogens (tertiary/aromatic N) is 2. The van der Waals surface area contributed by atoms with Gasteiger partial charge < -0.3 is 10.6 Å². The van der Waals surface area contributed by atoms with Crippen LogP contribution in [0.25, 0.3) is 0 Å². The van der Waals surface area contributed by atoms with E-state index in [0.717, 1.165) is 5.56 Å². The maximum Gasteiger partial charge on any atom is 0.272 e. The van der Waals surface area contributed by atoms with E-state index in [2.05, 4.69) is 4.98 Å². The summed E-state index contributed by atoms with van der Waals surface area (Å²) in [7, 11) is 1.75. The summed E-state index contributed by atoms with van der Waals surface area (Å²) in [6.45, 7) is 0.617. The minimum Gasteiger partial charge on any atom is -0.397 e. The lowest BCUT2D eigenvalue weighted by molar-refractivity contribution is 0.0812. The van der Waals surface area contributed by atoms with E-state index in [-0.39, 0.29) is 5.91 Å². The molecule has 2 heterocycles. The lowest BCUT2D eigenvalue weighted by Gasteiger charge is -2.03. The normalized spacial score (nSPS) is 15.1. The molecule has 0 aliphatic carbocycles. The molecule has 0 radical (unpaired) electrons. The Hall–Kier alpha value is -1.58. The van der Waals surface area contributed by atoms with Gasteiger partial charge in [0.1, 0.15) is 5.69 Å². The third kappa shape index (κ3) is 0.845. The quantitative estimate of drug-likeness (QED) is 0.596. The van der Waals surface area contributed by atoms with E-state index in [1.165, 1.54) is 6.20 Å². The SMILES string of the molecule is CN1Cc2cc(N)cnc2C1=O. The van der Waals surface area contributed by atoms with Crippen LogP contribution in [0.1, 0.15) is 16.1 Å². The van der Waals surface area contributed by atoms with E-state index in [9.17, 15) is 4.79 Å². The van der Waals surface area contributed by atoms with E-state index in [4.69, 9.17) is 5.73 Å². The summed E-state index contributed by atoms with van der Waals surface area (Å²) < 4.78 is 0. The highest BCUT2D eigenvalue weighted by atomic mass is 16.2. The molecule has 1 aliphatic rings. The van der Waals surface area contributed by atoms with Gasteiger partial charge >= 0.3 is 0 Å². The highest BCUT2D eigenvalue weighted by Crippen LogP contribution is 2.20. The van der Waals surface area contributed by atoms with Crippen LogP contribution in [0.5, 0.6) is 0 Å². The number of anilines is 1. The molecule has 2 rings (SSSR count). The topological polar surface area (TPSA) is 59.2 Å². The Morgan fingerprint density at radius 2 is 2.42 bits per heavy atom. The van der Waals surface area contributed by atoms with Gasteiger partial charge in [0.05, 0.1) is 11.9 Å².